The van der Waals surface area contributed by atoms with Crippen LogP contribution in [0.4, 0.5) is 19.4 Å². The van der Waals surface area contributed by atoms with Crippen LogP contribution in [0.25, 0.3) is 28.0 Å². The van der Waals surface area contributed by atoms with Gasteiger partial charge in [-0.05, 0) is 58.7 Å². The number of aliphatic hydroxyl groups is 1. The second-order valence-corrected chi connectivity index (χ2v) is 13.7. The van der Waals surface area contributed by atoms with E-state index in [0.29, 0.717) is 5.69 Å². The molecule has 12 nitrogen and oxygen atoms in total. The molecule has 0 bridgehead atoms. The van der Waals surface area contributed by atoms with Crippen molar-refractivity contribution in [3.8, 4) is 28.4 Å². The molecule has 49 heavy (non-hydrogen) atoms. The zero-order chi connectivity index (χ0) is 35.9. The van der Waals surface area contributed by atoms with Gasteiger partial charge in [0.25, 0.3) is 0 Å². The number of phenolic OH excluding ortho intramolecular Hbond substituents is 1. The minimum Gasteiger partial charge on any atom is -0.507 e. The Labute approximate surface area is 286 Å². The summed E-state index contributed by atoms with van der Waals surface area (Å²) < 4.78 is 43.8. The lowest BCUT2D eigenvalue weighted by molar-refractivity contribution is 0.0130. The molecule has 0 unspecified atom stereocenters. The molecule has 1 fully saturated rings. The summed E-state index contributed by atoms with van der Waals surface area (Å²) in [5.41, 5.74) is -2.37. The topological polar surface area (TPSA) is 143 Å². The zero-order valence-corrected chi connectivity index (χ0v) is 29.0. The molecule has 262 valence electrons. The first-order valence-corrected chi connectivity index (χ1v) is 16.2. The predicted molar refractivity (Wildman–Crippen MR) is 181 cm³/mol. The molecule has 1 amide bonds. The summed E-state index contributed by atoms with van der Waals surface area (Å²) in [5, 5.41) is 20.2. The maximum Gasteiger partial charge on any atom is 0.410 e. The molecule has 1 aromatic carbocycles. The first-order valence-electron chi connectivity index (χ1n) is 15.8. The number of fused-ring (bicyclic) bond motifs is 1. The monoisotopic (exact) mass is 700 g/mol. The second kappa shape index (κ2) is 13.7. The number of rotatable bonds is 7. The number of anilines is 1. The number of halogens is 3. The van der Waals surface area contributed by atoms with Crippen LogP contribution in [-0.4, -0.2) is 84.7 Å². The fraction of sp³-hybridized carbons (Fsp3) is 0.441. The van der Waals surface area contributed by atoms with Gasteiger partial charge < -0.3 is 29.5 Å². The van der Waals surface area contributed by atoms with Crippen molar-refractivity contribution in [2.75, 3.05) is 31.2 Å². The highest BCUT2D eigenvalue weighted by molar-refractivity contribution is 6.32. The Morgan fingerprint density at radius 1 is 1.12 bits per heavy atom. The number of benzene rings is 1. The van der Waals surface area contributed by atoms with Crippen molar-refractivity contribution >= 4 is 34.5 Å². The number of hydrogen-bond acceptors (Lipinski definition) is 10. The van der Waals surface area contributed by atoms with E-state index >= 15 is 8.78 Å². The molecule has 1 aliphatic heterocycles. The van der Waals surface area contributed by atoms with Crippen LogP contribution in [0.1, 0.15) is 60.1 Å². The Morgan fingerprint density at radius 3 is 2.47 bits per heavy atom. The lowest BCUT2D eigenvalue weighted by Crippen LogP contribution is -2.59. The lowest BCUT2D eigenvalue weighted by atomic mass is 10.1. The fourth-order valence-electron chi connectivity index (χ4n) is 5.84. The van der Waals surface area contributed by atoms with Gasteiger partial charge in [0, 0.05) is 31.4 Å². The van der Waals surface area contributed by atoms with Gasteiger partial charge in [-0.2, -0.15) is 4.98 Å². The molecule has 4 aromatic rings. The summed E-state index contributed by atoms with van der Waals surface area (Å²) in [6.07, 6.45) is 0.859. The van der Waals surface area contributed by atoms with Crippen molar-refractivity contribution in [1.29, 1.82) is 0 Å². The minimum absolute atomic E-state index is 0.00162. The third kappa shape index (κ3) is 6.97. The average molecular weight is 701 g/mol. The Kier molecular flexibility index (Phi) is 10.0. The standard InChI is InChI=1S/C34H39ClF2N6O6/c1-17(2)26-28(29(48-12-11-44)21(35)14-38-26)43-31-20(13-23(37)27(39-31)25-22(36)9-8-10-24(25)45)30(40-32(43)46)41-15-19(4)42(16-18(41)3)33(47)49-34(5,6)7/h8-10,13-14,17-19,44-45H,11-12,15-16H2,1-7H3/t18-,19+/m0/s1. The summed E-state index contributed by atoms with van der Waals surface area (Å²) in [6.45, 7) is 12.5. The number of carbonyl (C=O) groups excluding carboxylic acids is 1. The van der Waals surface area contributed by atoms with Crippen molar-refractivity contribution in [2.45, 2.75) is 72.1 Å². The van der Waals surface area contributed by atoms with Gasteiger partial charge >= 0.3 is 11.8 Å². The number of nitrogens with zero attached hydrogens (tertiary/aromatic N) is 6. The van der Waals surface area contributed by atoms with Crippen LogP contribution >= 0.6 is 11.6 Å². The van der Waals surface area contributed by atoms with Gasteiger partial charge in [-0.1, -0.05) is 31.5 Å². The molecular weight excluding hydrogens is 662 g/mol. The van der Waals surface area contributed by atoms with E-state index in [1.54, 1.807) is 30.6 Å². The number of phenols is 1. The minimum atomic E-state index is -0.987. The van der Waals surface area contributed by atoms with E-state index in [-0.39, 0.29) is 65.5 Å². The van der Waals surface area contributed by atoms with Gasteiger partial charge in [0.05, 0.1) is 23.3 Å². The molecule has 0 spiro atoms. The molecule has 0 radical (unpaired) electrons. The van der Waals surface area contributed by atoms with Crippen LogP contribution in [0, 0.1) is 11.6 Å². The number of hydrogen-bond donors (Lipinski definition) is 2. The molecule has 1 saturated heterocycles. The van der Waals surface area contributed by atoms with Crippen LogP contribution in [0.3, 0.4) is 0 Å². The maximum absolute atomic E-state index is 16.1. The van der Waals surface area contributed by atoms with E-state index < -0.39 is 58.1 Å². The Balaban J connectivity index is 1.81. The molecule has 3 aromatic heterocycles. The number of aromatic nitrogens is 4. The molecule has 2 atom stereocenters. The Bertz CT molecular complexity index is 1950. The SMILES string of the molecule is CC(C)c1ncc(Cl)c(OCCO)c1-n1c(=O)nc(N2C[C@@H](C)N(C(=O)OC(C)(C)C)C[C@@H]2C)c2cc(F)c(-c3c(O)cccc3F)nc21. The summed E-state index contributed by atoms with van der Waals surface area (Å²) in [4.78, 5) is 44.1. The van der Waals surface area contributed by atoms with Crippen LogP contribution in [-0.2, 0) is 4.74 Å². The van der Waals surface area contributed by atoms with Crippen LogP contribution < -0.4 is 15.3 Å². The number of pyridine rings is 2. The van der Waals surface area contributed by atoms with Gasteiger partial charge in [-0.25, -0.2) is 27.9 Å². The summed E-state index contributed by atoms with van der Waals surface area (Å²) in [5.74, 6) is -2.71. The smallest absolute Gasteiger partial charge is 0.410 e. The largest absolute Gasteiger partial charge is 0.507 e. The molecule has 4 heterocycles. The van der Waals surface area contributed by atoms with E-state index in [1.807, 2.05) is 27.7 Å². The van der Waals surface area contributed by atoms with E-state index in [4.69, 9.17) is 21.1 Å². The highest BCUT2D eigenvalue weighted by atomic mass is 35.5. The lowest BCUT2D eigenvalue weighted by Gasteiger charge is -2.44. The number of ether oxygens (including phenoxy) is 2. The molecule has 5 rings (SSSR count). The predicted octanol–water partition coefficient (Wildman–Crippen LogP) is 5.81. The second-order valence-electron chi connectivity index (χ2n) is 13.3. The molecule has 0 saturated carbocycles. The molecule has 1 aliphatic rings. The van der Waals surface area contributed by atoms with E-state index in [2.05, 4.69) is 15.0 Å². The number of carbonyl (C=O) groups is 1. The molecule has 15 heteroatoms. The fourth-order valence-corrected chi connectivity index (χ4v) is 6.04. The van der Waals surface area contributed by atoms with Crippen LogP contribution in [0.2, 0.25) is 5.02 Å². The van der Waals surface area contributed by atoms with E-state index in [1.165, 1.54) is 18.3 Å². The summed E-state index contributed by atoms with van der Waals surface area (Å²) >= 11 is 6.54. The van der Waals surface area contributed by atoms with Gasteiger partial charge in [0.2, 0.25) is 0 Å². The number of piperazine rings is 1. The number of amides is 1. The maximum atomic E-state index is 16.1. The summed E-state index contributed by atoms with van der Waals surface area (Å²) in [7, 11) is 0. The molecular formula is C34H39ClF2N6O6. The third-order valence-electron chi connectivity index (χ3n) is 8.02. The van der Waals surface area contributed by atoms with Gasteiger partial charge in [-0.3, -0.25) is 4.98 Å². The van der Waals surface area contributed by atoms with E-state index in [0.717, 1.165) is 16.7 Å². The molecule has 0 aliphatic carbocycles. The van der Waals surface area contributed by atoms with E-state index in [9.17, 15) is 19.8 Å². The van der Waals surface area contributed by atoms with Gasteiger partial charge in [-0.15, -0.1) is 0 Å². The number of aromatic hydroxyl groups is 1. The van der Waals surface area contributed by atoms with Crippen molar-refractivity contribution in [3.63, 3.8) is 0 Å². The average Bonchev–Trinajstić information content (AvgIpc) is 3.00. The van der Waals surface area contributed by atoms with Crippen LogP contribution in [0.5, 0.6) is 11.5 Å². The number of aliphatic hydroxyl groups excluding tert-OH is 1. The zero-order valence-electron chi connectivity index (χ0n) is 28.3. The van der Waals surface area contributed by atoms with Crippen molar-refractivity contribution in [3.05, 3.63) is 63.3 Å². The van der Waals surface area contributed by atoms with Crippen molar-refractivity contribution in [2.24, 2.45) is 0 Å². The summed E-state index contributed by atoms with van der Waals surface area (Å²) in [6, 6.07) is 3.77. The highest BCUT2D eigenvalue weighted by Gasteiger charge is 2.37. The Hall–Kier alpha value is -4.56. The Morgan fingerprint density at radius 2 is 1.84 bits per heavy atom. The molecule has 2 N–H and O–H groups in total. The first kappa shape index (κ1) is 35.7. The van der Waals surface area contributed by atoms with Gasteiger partial charge in [0.15, 0.2) is 17.2 Å². The quantitative estimate of drug-likeness (QED) is 0.243. The highest BCUT2D eigenvalue weighted by Crippen LogP contribution is 2.40. The van der Waals surface area contributed by atoms with Gasteiger partial charge in [0.1, 0.15) is 46.0 Å². The van der Waals surface area contributed by atoms with Crippen molar-refractivity contribution < 1.29 is 33.3 Å². The normalized spacial score (nSPS) is 16.8. The third-order valence-corrected chi connectivity index (χ3v) is 8.28. The first-order chi connectivity index (χ1) is 23.0. The van der Waals surface area contributed by atoms with Crippen molar-refractivity contribution in [1.82, 2.24) is 24.4 Å². The van der Waals surface area contributed by atoms with Crippen LogP contribution in [0.15, 0.2) is 35.3 Å².